The largest absolute Gasteiger partial charge is 0.416 e. The molecule has 0 atom stereocenters. The van der Waals surface area contributed by atoms with Crippen LogP contribution >= 0.6 is 23.2 Å². The van der Waals surface area contributed by atoms with Gasteiger partial charge in [-0.3, -0.25) is 4.72 Å². The van der Waals surface area contributed by atoms with Crippen LogP contribution in [0.2, 0.25) is 10.0 Å². The van der Waals surface area contributed by atoms with Crippen LogP contribution in [0.1, 0.15) is 11.1 Å². The van der Waals surface area contributed by atoms with Crippen molar-refractivity contribution in [2.75, 3.05) is 4.72 Å². The Hall–Kier alpha value is -1.65. The van der Waals surface area contributed by atoms with E-state index in [9.17, 15) is 34.8 Å². The fourth-order valence-corrected chi connectivity index (χ4v) is 3.71. The van der Waals surface area contributed by atoms with Crippen LogP contribution in [0, 0.1) is 0 Å². The van der Waals surface area contributed by atoms with Crippen molar-refractivity contribution in [2.24, 2.45) is 0 Å². The van der Waals surface area contributed by atoms with E-state index in [1.54, 1.807) is 4.72 Å². The van der Waals surface area contributed by atoms with E-state index < -0.39 is 44.1 Å². The summed E-state index contributed by atoms with van der Waals surface area (Å²) in [6.45, 7) is 0. The smallest absolute Gasteiger partial charge is 0.280 e. The maximum atomic E-state index is 12.8. The Morgan fingerprint density at radius 2 is 1.31 bits per heavy atom. The molecule has 0 aromatic heterocycles. The molecule has 1 N–H and O–H groups in total. The van der Waals surface area contributed by atoms with Crippen molar-refractivity contribution in [3.05, 3.63) is 57.6 Å². The first kappa shape index (κ1) is 20.7. The van der Waals surface area contributed by atoms with E-state index in [-0.39, 0.29) is 28.2 Å². The minimum Gasteiger partial charge on any atom is -0.280 e. The second-order valence-electron chi connectivity index (χ2n) is 4.97. The lowest BCUT2D eigenvalue weighted by Crippen LogP contribution is -2.16. The summed E-state index contributed by atoms with van der Waals surface area (Å²) in [5.41, 5.74) is -4.26. The summed E-state index contributed by atoms with van der Waals surface area (Å²) in [5.74, 6) is 0. The van der Waals surface area contributed by atoms with Gasteiger partial charge in [-0.15, -0.1) is 0 Å². The molecule has 0 radical (unpaired) electrons. The highest BCUT2D eigenvalue weighted by Gasteiger charge is 2.37. The second kappa shape index (κ2) is 6.82. The van der Waals surface area contributed by atoms with E-state index in [2.05, 4.69) is 0 Å². The van der Waals surface area contributed by atoms with Crippen LogP contribution < -0.4 is 4.72 Å². The van der Waals surface area contributed by atoms with Crippen molar-refractivity contribution in [1.29, 1.82) is 0 Å². The van der Waals surface area contributed by atoms with Crippen molar-refractivity contribution >= 4 is 38.9 Å². The molecule has 2 rings (SSSR count). The molecular formula is C14H7Cl2F6NO2S. The van der Waals surface area contributed by atoms with Gasteiger partial charge in [-0.1, -0.05) is 23.2 Å². The van der Waals surface area contributed by atoms with Crippen LogP contribution in [0.5, 0.6) is 0 Å². The summed E-state index contributed by atoms with van der Waals surface area (Å²) in [7, 11) is -4.59. The van der Waals surface area contributed by atoms with Crippen LogP contribution in [0.3, 0.4) is 0 Å². The van der Waals surface area contributed by atoms with E-state index in [1.807, 2.05) is 0 Å². The molecule has 26 heavy (non-hydrogen) atoms. The zero-order chi connectivity index (χ0) is 19.9. The van der Waals surface area contributed by atoms with E-state index in [4.69, 9.17) is 23.2 Å². The van der Waals surface area contributed by atoms with E-state index in [0.717, 1.165) is 12.1 Å². The number of hydrogen-bond acceptors (Lipinski definition) is 2. The lowest BCUT2D eigenvalue weighted by molar-refractivity contribution is -0.143. The third-order valence-corrected chi connectivity index (χ3v) is 5.12. The van der Waals surface area contributed by atoms with E-state index >= 15 is 0 Å². The molecule has 0 aliphatic rings. The van der Waals surface area contributed by atoms with Crippen LogP contribution in [0.25, 0.3) is 0 Å². The molecule has 142 valence electrons. The molecule has 0 bridgehead atoms. The first-order valence-electron chi connectivity index (χ1n) is 6.47. The number of benzene rings is 2. The van der Waals surface area contributed by atoms with Crippen LogP contribution in [0.15, 0.2) is 41.3 Å². The number of anilines is 1. The Labute approximate surface area is 153 Å². The van der Waals surface area contributed by atoms with Crippen molar-refractivity contribution in [2.45, 2.75) is 17.2 Å². The average molecular weight is 438 g/mol. The highest BCUT2D eigenvalue weighted by Crippen LogP contribution is 2.38. The SMILES string of the molecule is O=S(=O)(Nc1cc(C(F)(F)F)cc(C(F)(F)F)c1)c1cc(Cl)ccc1Cl. The highest BCUT2D eigenvalue weighted by molar-refractivity contribution is 7.92. The maximum absolute atomic E-state index is 12.8. The second-order valence-corrected chi connectivity index (χ2v) is 7.47. The van der Waals surface area contributed by atoms with Gasteiger partial charge in [0.05, 0.1) is 21.8 Å². The Morgan fingerprint density at radius 3 is 1.77 bits per heavy atom. The zero-order valence-electron chi connectivity index (χ0n) is 12.2. The van der Waals surface area contributed by atoms with Crippen LogP contribution in [-0.2, 0) is 22.4 Å². The molecule has 2 aromatic rings. The fourth-order valence-electron chi connectivity index (χ4n) is 1.91. The first-order chi connectivity index (χ1) is 11.7. The molecule has 0 aliphatic heterocycles. The van der Waals surface area contributed by atoms with Crippen molar-refractivity contribution < 1.29 is 34.8 Å². The zero-order valence-corrected chi connectivity index (χ0v) is 14.5. The highest BCUT2D eigenvalue weighted by atomic mass is 35.5. The number of rotatable bonds is 3. The molecule has 0 unspecified atom stereocenters. The van der Waals surface area contributed by atoms with Gasteiger partial charge in [0.25, 0.3) is 10.0 Å². The van der Waals surface area contributed by atoms with Crippen molar-refractivity contribution in [3.8, 4) is 0 Å². The monoisotopic (exact) mass is 437 g/mol. The summed E-state index contributed by atoms with van der Waals surface area (Å²) >= 11 is 11.4. The molecule has 0 saturated carbocycles. The van der Waals surface area contributed by atoms with Crippen LogP contribution in [0.4, 0.5) is 32.0 Å². The van der Waals surface area contributed by atoms with Gasteiger partial charge < -0.3 is 0 Å². The number of nitrogens with one attached hydrogen (secondary N) is 1. The van der Waals surface area contributed by atoms with Crippen LogP contribution in [-0.4, -0.2) is 8.42 Å². The molecule has 0 heterocycles. The molecule has 3 nitrogen and oxygen atoms in total. The van der Waals surface area contributed by atoms with Gasteiger partial charge in [-0.05, 0) is 36.4 Å². The summed E-state index contributed by atoms with van der Waals surface area (Å²) in [6.07, 6.45) is -10.2. The molecule has 12 heteroatoms. The maximum Gasteiger partial charge on any atom is 0.416 e. The number of sulfonamides is 1. The fraction of sp³-hybridized carbons (Fsp3) is 0.143. The van der Waals surface area contributed by atoms with Gasteiger partial charge in [0.15, 0.2) is 0 Å². The standard InChI is InChI=1S/C14H7Cl2F6NO2S/c15-9-1-2-11(16)12(6-9)26(24,25)23-10-4-7(13(17,18)19)3-8(5-10)14(20,21)22/h1-6,23H. The summed E-state index contributed by atoms with van der Waals surface area (Å²) in [6, 6.07) is 3.64. The predicted octanol–water partition coefficient (Wildman–Crippen LogP) is 5.83. The molecule has 2 aromatic carbocycles. The van der Waals surface area contributed by atoms with Crippen molar-refractivity contribution in [1.82, 2.24) is 0 Å². The summed E-state index contributed by atoms with van der Waals surface area (Å²) in [4.78, 5) is -0.599. The van der Waals surface area contributed by atoms with Gasteiger partial charge in [0, 0.05) is 5.02 Å². The van der Waals surface area contributed by atoms with Crippen molar-refractivity contribution in [3.63, 3.8) is 0 Å². The van der Waals surface area contributed by atoms with Gasteiger partial charge in [0.1, 0.15) is 4.90 Å². The quantitative estimate of drug-likeness (QED) is 0.613. The number of hydrogen-bond donors (Lipinski definition) is 1. The lowest BCUT2D eigenvalue weighted by atomic mass is 10.1. The topological polar surface area (TPSA) is 46.2 Å². The van der Waals surface area contributed by atoms with Gasteiger partial charge in [-0.2, -0.15) is 26.3 Å². The third-order valence-electron chi connectivity index (χ3n) is 3.02. The van der Waals surface area contributed by atoms with Gasteiger partial charge in [-0.25, -0.2) is 8.42 Å². The molecule has 0 spiro atoms. The molecule has 0 saturated heterocycles. The minimum atomic E-state index is -5.12. The van der Waals surface area contributed by atoms with Gasteiger partial charge in [0.2, 0.25) is 0 Å². The predicted molar refractivity (Wildman–Crippen MR) is 83.7 cm³/mol. The Kier molecular flexibility index (Phi) is 5.42. The third kappa shape index (κ3) is 4.74. The number of alkyl halides is 6. The Bertz CT molecular complexity index is 909. The summed E-state index contributed by atoms with van der Waals surface area (Å²) in [5, 5.41) is -0.361. The average Bonchev–Trinajstić information content (AvgIpc) is 2.47. The lowest BCUT2D eigenvalue weighted by Gasteiger charge is -2.16. The van der Waals surface area contributed by atoms with E-state index in [1.165, 1.54) is 6.07 Å². The normalized spacial score (nSPS) is 12.9. The molecular weight excluding hydrogens is 431 g/mol. The molecule has 0 amide bonds. The molecule has 0 fully saturated rings. The first-order valence-corrected chi connectivity index (χ1v) is 8.71. The Balaban J connectivity index is 2.56. The number of halogens is 8. The summed E-state index contributed by atoms with van der Waals surface area (Å²) < 4.78 is 103. The van der Waals surface area contributed by atoms with Gasteiger partial charge >= 0.3 is 12.4 Å². The Morgan fingerprint density at radius 1 is 0.808 bits per heavy atom. The minimum absolute atomic E-state index is 0.0465. The molecule has 0 aliphatic carbocycles. The van der Waals surface area contributed by atoms with E-state index in [0.29, 0.717) is 0 Å².